The molecule has 0 amide bonds. The maximum absolute atomic E-state index is 3.52. The zero-order chi connectivity index (χ0) is 17.9. The fourth-order valence-electron chi connectivity index (χ4n) is 3.30. The Bertz CT molecular complexity index is 281. The zero-order valence-electron chi connectivity index (χ0n) is 17.8. The van der Waals surface area contributed by atoms with Crippen molar-refractivity contribution < 1.29 is 26.2 Å². The van der Waals surface area contributed by atoms with Gasteiger partial charge in [0.25, 0.3) is 0 Å². The number of allylic oxidation sites excluding steroid dienone is 4. The van der Waals surface area contributed by atoms with Crippen LogP contribution in [0.25, 0.3) is 0 Å². The van der Waals surface area contributed by atoms with Gasteiger partial charge in [-0.1, -0.05) is 105 Å². The Hall–Kier alpha value is 0.363. The second-order valence-electron chi connectivity index (χ2n) is 7.05. The number of unbranched alkanes of at least 4 members (excludes halogenated alkanes) is 1. The summed E-state index contributed by atoms with van der Waals surface area (Å²) in [6, 6.07) is 0. The fourth-order valence-corrected chi connectivity index (χ4v) is 3.30. The molecular formula is C24H44Zr+2. The molecule has 0 bridgehead atoms. The molecule has 0 nitrogen and oxygen atoms in total. The largest absolute Gasteiger partial charge is 4.00 e. The molecular weight excluding hydrogens is 379 g/mol. The summed E-state index contributed by atoms with van der Waals surface area (Å²) in [5, 5.41) is 0. The van der Waals surface area contributed by atoms with E-state index < -0.39 is 0 Å². The molecule has 0 aromatic rings. The monoisotopic (exact) mass is 422 g/mol. The van der Waals surface area contributed by atoms with E-state index in [1.807, 2.05) is 0 Å². The van der Waals surface area contributed by atoms with Gasteiger partial charge >= 0.3 is 26.2 Å². The van der Waals surface area contributed by atoms with Gasteiger partial charge in [-0.25, -0.2) is 0 Å². The van der Waals surface area contributed by atoms with Crippen LogP contribution in [0.4, 0.5) is 0 Å². The minimum Gasteiger partial charge on any atom is -0.373 e. The first-order valence-corrected chi connectivity index (χ1v) is 11.0. The third-order valence-corrected chi connectivity index (χ3v) is 4.70. The molecule has 0 unspecified atom stereocenters. The van der Waals surface area contributed by atoms with E-state index >= 15 is 0 Å². The van der Waals surface area contributed by atoms with Gasteiger partial charge in [0.1, 0.15) is 0 Å². The Labute approximate surface area is 179 Å². The summed E-state index contributed by atoms with van der Waals surface area (Å²) in [7, 11) is 0. The van der Waals surface area contributed by atoms with E-state index in [0.717, 1.165) is 25.7 Å². The van der Waals surface area contributed by atoms with Crippen molar-refractivity contribution in [3.05, 3.63) is 23.3 Å². The van der Waals surface area contributed by atoms with Crippen LogP contribution in [0.3, 0.4) is 0 Å². The van der Waals surface area contributed by atoms with Crippen LogP contribution in [0.5, 0.6) is 0 Å². The molecule has 25 heavy (non-hydrogen) atoms. The Morgan fingerprint density at radius 1 is 0.600 bits per heavy atom. The Balaban J connectivity index is 0. The summed E-state index contributed by atoms with van der Waals surface area (Å²) in [6.07, 6.45) is 28.7. The summed E-state index contributed by atoms with van der Waals surface area (Å²) < 4.78 is 0. The molecule has 0 aromatic heterocycles. The van der Waals surface area contributed by atoms with E-state index in [1.54, 1.807) is 0 Å². The van der Waals surface area contributed by atoms with Crippen molar-refractivity contribution in [2.24, 2.45) is 0 Å². The van der Waals surface area contributed by atoms with E-state index in [0.29, 0.717) is 0 Å². The SMILES string of the molecule is C1CCCC1.C1CCCC1.CC[C-]=C(CC)C(=[C-]CCC)CCC.[Zr+4]. The molecule has 0 aliphatic heterocycles. The fraction of sp³-hybridized carbons (Fsp3) is 0.833. The van der Waals surface area contributed by atoms with E-state index in [2.05, 4.69) is 39.8 Å². The summed E-state index contributed by atoms with van der Waals surface area (Å²) in [6.45, 7) is 8.79. The van der Waals surface area contributed by atoms with Gasteiger partial charge in [-0.05, 0) is 0 Å². The number of hydrogen-bond donors (Lipinski definition) is 0. The molecule has 142 valence electrons. The molecule has 0 heterocycles. The Morgan fingerprint density at radius 2 is 1.04 bits per heavy atom. The Morgan fingerprint density at radius 3 is 1.32 bits per heavy atom. The first kappa shape index (κ1) is 27.6. The molecule has 1 heteroatoms. The topological polar surface area (TPSA) is 0 Å². The van der Waals surface area contributed by atoms with Crippen LogP contribution in [0, 0.1) is 12.2 Å². The van der Waals surface area contributed by atoms with Crippen LogP contribution in [-0.4, -0.2) is 0 Å². The van der Waals surface area contributed by atoms with E-state index in [4.69, 9.17) is 0 Å². The van der Waals surface area contributed by atoms with Crippen molar-refractivity contribution >= 4 is 0 Å². The normalized spacial score (nSPS) is 17.1. The second kappa shape index (κ2) is 22.4. The van der Waals surface area contributed by atoms with Crippen molar-refractivity contribution in [3.63, 3.8) is 0 Å². The maximum atomic E-state index is 3.52. The molecule has 2 fully saturated rings. The van der Waals surface area contributed by atoms with Crippen molar-refractivity contribution in [3.8, 4) is 0 Å². The maximum Gasteiger partial charge on any atom is 4.00 e. The van der Waals surface area contributed by atoms with Crippen LogP contribution in [-0.2, 0) is 26.2 Å². The number of rotatable bonds is 7. The minimum atomic E-state index is 0. The summed E-state index contributed by atoms with van der Waals surface area (Å²) in [4.78, 5) is 0. The predicted molar refractivity (Wildman–Crippen MR) is 110 cm³/mol. The zero-order valence-corrected chi connectivity index (χ0v) is 20.3. The smallest absolute Gasteiger partial charge is 0.373 e. The van der Waals surface area contributed by atoms with Crippen molar-refractivity contribution in [2.45, 2.75) is 130 Å². The average molecular weight is 424 g/mol. The molecule has 0 spiro atoms. The third-order valence-electron chi connectivity index (χ3n) is 4.70. The molecule has 2 aliphatic rings. The van der Waals surface area contributed by atoms with E-state index in [9.17, 15) is 0 Å². The van der Waals surface area contributed by atoms with Gasteiger partial charge in [0.15, 0.2) is 0 Å². The van der Waals surface area contributed by atoms with Crippen molar-refractivity contribution in [1.29, 1.82) is 0 Å². The molecule has 2 aliphatic carbocycles. The summed E-state index contributed by atoms with van der Waals surface area (Å²) in [5.74, 6) is 0. The summed E-state index contributed by atoms with van der Waals surface area (Å²) in [5.41, 5.74) is 2.81. The molecule has 0 atom stereocenters. The molecule has 0 radical (unpaired) electrons. The third kappa shape index (κ3) is 17.5. The Kier molecular flexibility index (Phi) is 24.7. The molecule has 0 N–H and O–H groups in total. The minimum absolute atomic E-state index is 0. The van der Waals surface area contributed by atoms with E-state index in [-0.39, 0.29) is 26.2 Å². The van der Waals surface area contributed by atoms with Gasteiger partial charge in [-0.2, -0.15) is 0 Å². The standard InChI is InChI=1S/C14H24.2C5H10.Zr/c1-5-9-12-14(11-7-3)13(8-4)10-6-2;2*1-2-4-5-3-1;/h5-9,11H2,1-4H3;2*1-5H2;/q-2;;;+4. The van der Waals surface area contributed by atoms with Crippen LogP contribution in [0.15, 0.2) is 11.1 Å². The quantitative estimate of drug-likeness (QED) is 0.283. The van der Waals surface area contributed by atoms with Crippen molar-refractivity contribution in [2.75, 3.05) is 0 Å². The van der Waals surface area contributed by atoms with Crippen LogP contribution >= 0.6 is 0 Å². The van der Waals surface area contributed by atoms with Gasteiger partial charge < -0.3 is 23.3 Å². The molecule has 2 saturated carbocycles. The number of hydrogen-bond acceptors (Lipinski definition) is 0. The molecule has 0 aromatic carbocycles. The molecule has 0 saturated heterocycles. The van der Waals surface area contributed by atoms with Crippen LogP contribution in [0.2, 0.25) is 0 Å². The van der Waals surface area contributed by atoms with Gasteiger partial charge in [-0.15, -0.1) is 25.7 Å². The average Bonchev–Trinajstić information content (AvgIpc) is 3.34. The molecule has 2 rings (SSSR count). The second-order valence-corrected chi connectivity index (χ2v) is 7.05. The van der Waals surface area contributed by atoms with Crippen LogP contribution < -0.4 is 0 Å². The van der Waals surface area contributed by atoms with Gasteiger partial charge in [0, 0.05) is 0 Å². The first-order valence-electron chi connectivity index (χ1n) is 11.0. The predicted octanol–water partition coefficient (Wildman–Crippen LogP) is 8.76. The van der Waals surface area contributed by atoms with Gasteiger partial charge in [0.05, 0.1) is 0 Å². The first-order chi connectivity index (χ1) is 11.8. The summed E-state index contributed by atoms with van der Waals surface area (Å²) >= 11 is 0. The van der Waals surface area contributed by atoms with Gasteiger partial charge in [0.2, 0.25) is 0 Å². The van der Waals surface area contributed by atoms with E-state index in [1.165, 1.54) is 88.2 Å². The van der Waals surface area contributed by atoms with Crippen molar-refractivity contribution in [1.82, 2.24) is 0 Å². The van der Waals surface area contributed by atoms with Gasteiger partial charge in [-0.3, -0.25) is 0 Å². The van der Waals surface area contributed by atoms with Crippen LogP contribution in [0.1, 0.15) is 130 Å².